The summed E-state index contributed by atoms with van der Waals surface area (Å²) in [5.74, 6) is -2.68. The van der Waals surface area contributed by atoms with Crippen LogP contribution in [0.1, 0.15) is 19.8 Å². The summed E-state index contributed by atoms with van der Waals surface area (Å²) in [6.07, 6.45) is 4.65. The summed E-state index contributed by atoms with van der Waals surface area (Å²) in [6, 6.07) is 0. The Hall–Kier alpha value is -1.78. The topological polar surface area (TPSA) is 101 Å². The second kappa shape index (κ2) is 3.61. The van der Waals surface area contributed by atoms with Gasteiger partial charge in [-0.05, 0) is 24.8 Å². The van der Waals surface area contributed by atoms with Gasteiger partial charge in [-0.1, -0.05) is 13.0 Å². The molecule has 0 aromatic heterocycles. The number of carboxylic acid groups (broad SMARTS) is 2. The van der Waals surface area contributed by atoms with Crippen LogP contribution in [0.5, 0.6) is 0 Å². The summed E-state index contributed by atoms with van der Waals surface area (Å²) in [5.41, 5.74) is 4.70. The molecule has 0 saturated heterocycles. The monoisotopic (exact) mass is 237 g/mol. The van der Waals surface area contributed by atoms with Crippen LogP contribution in [0.3, 0.4) is 0 Å². The van der Waals surface area contributed by atoms with Crippen molar-refractivity contribution in [3.8, 4) is 0 Å². The molecule has 2 rings (SSSR count). The lowest BCUT2D eigenvalue weighted by Gasteiger charge is -2.36. The number of carboxylic acids is 2. The first-order chi connectivity index (χ1) is 7.91. The first kappa shape index (κ1) is 11.7. The predicted molar refractivity (Wildman–Crippen MR) is 59.9 cm³/mol. The number of hydrogen-bond acceptors (Lipinski definition) is 3. The molecular formula is C12H15NO4. The molecule has 5 nitrogen and oxygen atoms in total. The molecule has 4 N–H and O–H groups in total. The largest absolute Gasteiger partial charge is 0.481 e. The van der Waals surface area contributed by atoms with Crippen molar-refractivity contribution in [1.82, 2.24) is 0 Å². The molecule has 0 heterocycles. The highest BCUT2D eigenvalue weighted by atomic mass is 16.4. The molecule has 0 aromatic carbocycles. The summed E-state index contributed by atoms with van der Waals surface area (Å²) in [7, 11) is 0. The third-order valence-electron chi connectivity index (χ3n) is 3.85. The highest BCUT2D eigenvalue weighted by Gasteiger charge is 2.56. The fourth-order valence-electron chi connectivity index (χ4n) is 2.74. The van der Waals surface area contributed by atoms with E-state index in [1.807, 2.05) is 0 Å². The quantitative estimate of drug-likeness (QED) is 0.679. The van der Waals surface area contributed by atoms with Gasteiger partial charge >= 0.3 is 11.9 Å². The SMILES string of the molecule is CC1C(C(=O)O)=C(N)C=CC1(C(=O)O)C1CC1. The van der Waals surface area contributed by atoms with Crippen molar-refractivity contribution >= 4 is 11.9 Å². The van der Waals surface area contributed by atoms with Gasteiger partial charge in [0.15, 0.2) is 0 Å². The minimum atomic E-state index is -1.13. The molecule has 0 spiro atoms. The van der Waals surface area contributed by atoms with E-state index in [4.69, 9.17) is 10.8 Å². The molecular weight excluding hydrogens is 222 g/mol. The fourth-order valence-corrected chi connectivity index (χ4v) is 2.74. The van der Waals surface area contributed by atoms with E-state index < -0.39 is 23.3 Å². The maximum atomic E-state index is 11.5. The molecule has 2 aliphatic carbocycles. The number of allylic oxidation sites excluding steroid dienone is 1. The summed E-state index contributed by atoms with van der Waals surface area (Å²) >= 11 is 0. The van der Waals surface area contributed by atoms with Crippen LogP contribution in [0.4, 0.5) is 0 Å². The van der Waals surface area contributed by atoms with Crippen LogP contribution >= 0.6 is 0 Å². The van der Waals surface area contributed by atoms with E-state index in [0.29, 0.717) is 0 Å². The summed E-state index contributed by atoms with van der Waals surface area (Å²) in [5, 5.41) is 18.6. The van der Waals surface area contributed by atoms with Crippen molar-refractivity contribution in [3.63, 3.8) is 0 Å². The highest BCUT2D eigenvalue weighted by molar-refractivity contribution is 5.92. The molecule has 2 aliphatic rings. The van der Waals surface area contributed by atoms with E-state index >= 15 is 0 Å². The molecule has 92 valence electrons. The molecule has 0 aromatic rings. The van der Waals surface area contributed by atoms with Gasteiger partial charge in [-0.3, -0.25) is 4.79 Å². The van der Waals surface area contributed by atoms with E-state index in [9.17, 15) is 14.7 Å². The average molecular weight is 237 g/mol. The van der Waals surface area contributed by atoms with Gasteiger partial charge in [-0.15, -0.1) is 0 Å². The summed E-state index contributed by atoms with van der Waals surface area (Å²) < 4.78 is 0. The van der Waals surface area contributed by atoms with E-state index in [2.05, 4.69) is 0 Å². The van der Waals surface area contributed by atoms with Gasteiger partial charge in [0.2, 0.25) is 0 Å². The van der Waals surface area contributed by atoms with Crippen LogP contribution in [-0.4, -0.2) is 22.2 Å². The lowest BCUT2D eigenvalue weighted by Crippen LogP contribution is -2.42. The number of aliphatic carboxylic acids is 2. The van der Waals surface area contributed by atoms with Gasteiger partial charge in [0.25, 0.3) is 0 Å². The molecule has 0 radical (unpaired) electrons. The Bertz CT molecular complexity index is 447. The molecule has 2 unspecified atom stereocenters. The number of nitrogens with two attached hydrogens (primary N) is 1. The molecule has 0 aliphatic heterocycles. The Morgan fingerprint density at radius 2 is 2.00 bits per heavy atom. The predicted octanol–water partition coefficient (Wildman–Crippen LogP) is 0.971. The zero-order valence-corrected chi connectivity index (χ0v) is 9.51. The normalized spacial score (nSPS) is 32.6. The zero-order chi connectivity index (χ0) is 12.8. The van der Waals surface area contributed by atoms with Crippen molar-refractivity contribution in [2.45, 2.75) is 19.8 Å². The van der Waals surface area contributed by atoms with Crippen molar-refractivity contribution in [2.24, 2.45) is 23.0 Å². The van der Waals surface area contributed by atoms with Gasteiger partial charge in [0.1, 0.15) is 0 Å². The Morgan fingerprint density at radius 1 is 1.41 bits per heavy atom. The first-order valence-electron chi connectivity index (χ1n) is 5.56. The lowest BCUT2D eigenvalue weighted by atomic mass is 9.66. The molecule has 1 saturated carbocycles. The average Bonchev–Trinajstić information content (AvgIpc) is 3.01. The van der Waals surface area contributed by atoms with Crippen LogP contribution in [-0.2, 0) is 9.59 Å². The van der Waals surface area contributed by atoms with Gasteiger partial charge in [0.05, 0.1) is 11.0 Å². The molecule has 5 heteroatoms. The number of carbonyl (C=O) groups is 2. The minimum Gasteiger partial charge on any atom is -0.481 e. The van der Waals surface area contributed by atoms with E-state index in [1.54, 1.807) is 13.0 Å². The molecule has 1 fully saturated rings. The van der Waals surface area contributed by atoms with Crippen LogP contribution < -0.4 is 5.73 Å². The fraction of sp³-hybridized carbons (Fsp3) is 0.500. The second-order valence-electron chi connectivity index (χ2n) is 4.74. The van der Waals surface area contributed by atoms with Gasteiger partial charge in [-0.25, -0.2) is 4.79 Å². The van der Waals surface area contributed by atoms with Crippen molar-refractivity contribution in [2.75, 3.05) is 0 Å². The second-order valence-corrected chi connectivity index (χ2v) is 4.74. The molecule has 0 amide bonds. The molecule has 17 heavy (non-hydrogen) atoms. The zero-order valence-electron chi connectivity index (χ0n) is 9.51. The van der Waals surface area contributed by atoms with Crippen LogP contribution in [0.25, 0.3) is 0 Å². The third-order valence-corrected chi connectivity index (χ3v) is 3.85. The van der Waals surface area contributed by atoms with Crippen LogP contribution in [0, 0.1) is 17.3 Å². The Balaban J connectivity index is 2.50. The van der Waals surface area contributed by atoms with E-state index in [-0.39, 0.29) is 17.2 Å². The summed E-state index contributed by atoms with van der Waals surface area (Å²) in [4.78, 5) is 22.7. The Kier molecular flexibility index (Phi) is 2.49. The van der Waals surface area contributed by atoms with Gasteiger partial charge in [-0.2, -0.15) is 0 Å². The third kappa shape index (κ3) is 1.53. The summed E-state index contributed by atoms with van der Waals surface area (Å²) in [6.45, 7) is 1.63. The Morgan fingerprint density at radius 3 is 2.41 bits per heavy atom. The minimum absolute atomic E-state index is 0.0156. The van der Waals surface area contributed by atoms with Crippen LogP contribution in [0.15, 0.2) is 23.4 Å². The highest BCUT2D eigenvalue weighted by Crippen LogP contribution is 2.54. The van der Waals surface area contributed by atoms with Gasteiger partial charge < -0.3 is 15.9 Å². The first-order valence-corrected chi connectivity index (χ1v) is 5.56. The van der Waals surface area contributed by atoms with E-state index in [0.717, 1.165) is 12.8 Å². The molecule has 2 atom stereocenters. The van der Waals surface area contributed by atoms with Gasteiger partial charge in [0, 0.05) is 11.6 Å². The standard InChI is InChI=1S/C12H15NO4/c1-6-9(10(14)15)8(13)4-5-12(6,11(16)17)7-2-3-7/h4-7H,2-3,13H2,1H3,(H,14,15)(H,16,17). The maximum absolute atomic E-state index is 11.5. The van der Waals surface area contributed by atoms with Crippen molar-refractivity contribution in [1.29, 1.82) is 0 Å². The van der Waals surface area contributed by atoms with Crippen molar-refractivity contribution in [3.05, 3.63) is 23.4 Å². The number of hydrogen-bond donors (Lipinski definition) is 3. The maximum Gasteiger partial charge on any atom is 0.333 e. The molecule has 0 bridgehead atoms. The van der Waals surface area contributed by atoms with Crippen molar-refractivity contribution < 1.29 is 19.8 Å². The van der Waals surface area contributed by atoms with E-state index in [1.165, 1.54) is 6.08 Å². The Labute approximate surface area is 98.6 Å². The smallest absolute Gasteiger partial charge is 0.333 e. The lowest BCUT2D eigenvalue weighted by molar-refractivity contribution is -0.150. The number of rotatable bonds is 3. The van der Waals surface area contributed by atoms with Crippen LogP contribution in [0.2, 0.25) is 0 Å².